The van der Waals surface area contributed by atoms with Gasteiger partial charge in [0.05, 0.1) is 18.2 Å². The third kappa shape index (κ3) is 4.34. The number of benzene rings is 2. The van der Waals surface area contributed by atoms with Crippen LogP contribution in [0.25, 0.3) is 0 Å². The van der Waals surface area contributed by atoms with Crippen molar-refractivity contribution in [3.63, 3.8) is 0 Å². The van der Waals surface area contributed by atoms with Gasteiger partial charge in [0, 0.05) is 12.5 Å². The number of nitrogens with two attached hydrogens (primary N) is 1. The van der Waals surface area contributed by atoms with Gasteiger partial charge in [-0.25, -0.2) is 0 Å². The number of rotatable bonds is 6. The van der Waals surface area contributed by atoms with Crippen molar-refractivity contribution >= 4 is 5.78 Å². The van der Waals surface area contributed by atoms with E-state index in [2.05, 4.69) is 6.07 Å². The molecule has 5 nitrogen and oxygen atoms in total. The lowest BCUT2D eigenvalue weighted by molar-refractivity contribution is -0.122. The Morgan fingerprint density at radius 2 is 1.79 bits per heavy atom. The van der Waals surface area contributed by atoms with Crippen LogP contribution in [0.2, 0.25) is 0 Å². The molecule has 24 heavy (non-hydrogen) atoms. The summed E-state index contributed by atoms with van der Waals surface area (Å²) < 4.78 is 10.9. The first-order valence-electron chi connectivity index (χ1n) is 7.50. The van der Waals surface area contributed by atoms with Gasteiger partial charge in [-0.1, -0.05) is 12.1 Å². The number of hydrogen-bond acceptors (Lipinski definition) is 5. The molecule has 0 saturated carbocycles. The summed E-state index contributed by atoms with van der Waals surface area (Å²) in [6.07, 6.45) is 0.286. The number of nitrogens with zero attached hydrogens (tertiary/aromatic N) is 1. The van der Waals surface area contributed by atoms with Crippen LogP contribution in [0.1, 0.15) is 25.0 Å². The van der Waals surface area contributed by atoms with Gasteiger partial charge < -0.3 is 15.2 Å². The van der Waals surface area contributed by atoms with Crippen LogP contribution in [-0.4, -0.2) is 18.4 Å². The maximum Gasteiger partial charge on any atom is 0.156 e. The third-order valence-electron chi connectivity index (χ3n) is 3.54. The van der Waals surface area contributed by atoms with Crippen LogP contribution in [0.3, 0.4) is 0 Å². The summed E-state index contributed by atoms with van der Waals surface area (Å²) in [6, 6.07) is 14.3. The van der Waals surface area contributed by atoms with Crippen LogP contribution in [0.5, 0.6) is 17.2 Å². The molecule has 0 fully saturated rings. The summed E-state index contributed by atoms with van der Waals surface area (Å²) in [5, 5.41) is 8.98. The summed E-state index contributed by atoms with van der Waals surface area (Å²) in [7, 11) is 1.50. The quantitative estimate of drug-likeness (QED) is 0.882. The number of nitriles is 1. The highest BCUT2D eigenvalue weighted by molar-refractivity contribution is 5.89. The SMILES string of the molecule is COc1cc(Oc2ccc(CC(=O)C(C)(C)N)cc2)ccc1C#N. The first kappa shape index (κ1) is 17.5. The molecule has 0 aliphatic rings. The second-order valence-electron chi connectivity index (χ2n) is 6.04. The highest BCUT2D eigenvalue weighted by Crippen LogP contribution is 2.28. The van der Waals surface area contributed by atoms with E-state index in [1.807, 2.05) is 12.1 Å². The molecule has 0 unspecified atom stereocenters. The molecule has 0 saturated heterocycles. The molecule has 0 heterocycles. The monoisotopic (exact) mass is 324 g/mol. The number of carbonyl (C=O) groups is 1. The lowest BCUT2D eigenvalue weighted by Gasteiger charge is -2.16. The Hall–Kier alpha value is -2.84. The molecule has 5 heteroatoms. The standard InChI is InChI=1S/C19H20N2O3/c1-19(2,21)18(22)10-13-4-7-15(8-5-13)24-16-9-6-14(12-20)17(11-16)23-3/h4-9,11H,10,21H2,1-3H3. The molecule has 0 amide bonds. The van der Waals surface area contributed by atoms with Crippen molar-refractivity contribution in [3.05, 3.63) is 53.6 Å². The van der Waals surface area contributed by atoms with Gasteiger partial charge in [-0.15, -0.1) is 0 Å². The number of ketones is 1. The molecule has 0 atom stereocenters. The molecule has 2 aromatic rings. The van der Waals surface area contributed by atoms with Crippen LogP contribution in [0, 0.1) is 11.3 Å². The summed E-state index contributed by atoms with van der Waals surface area (Å²) in [5.41, 5.74) is 6.29. The Morgan fingerprint density at radius 3 is 2.33 bits per heavy atom. The normalized spacial score (nSPS) is 10.8. The molecule has 0 spiro atoms. The summed E-state index contributed by atoms with van der Waals surface area (Å²) in [4.78, 5) is 11.9. The molecular formula is C19H20N2O3. The zero-order valence-electron chi connectivity index (χ0n) is 14.0. The van der Waals surface area contributed by atoms with E-state index in [0.717, 1.165) is 5.56 Å². The van der Waals surface area contributed by atoms with Gasteiger partial charge in [0.25, 0.3) is 0 Å². The van der Waals surface area contributed by atoms with E-state index in [9.17, 15) is 4.79 Å². The summed E-state index contributed by atoms with van der Waals surface area (Å²) >= 11 is 0. The minimum atomic E-state index is -0.839. The number of carbonyl (C=O) groups excluding carboxylic acids is 1. The van der Waals surface area contributed by atoms with Crippen molar-refractivity contribution in [1.82, 2.24) is 0 Å². The van der Waals surface area contributed by atoms with Gasteiger partial charge >= 0.3 is 0 Å². The Bertz CT molecular complexity index is 769. The predicted octanol–water partition coefficient (Wildman–Crippen LogP) is 3.21. The number of hydrogen-bond donors (Lipinski definition) is 1. The first-order chi connectivity index (χ1) is 11.3. The van der Waals surface area contributed by atoms with Crippen LogP contribution in [0.15, 0.2) is 42.5 Å². The fourth-order valence-corrected chi connectivity index (χ4v) is 2.05. The zero-order chi connectivity index (χ0) is 17.7. The molecule has 0 aliphatic carbocycles. The molecule has 0 aromatic heterocycles. The van der Waals surface area contributed by atoms with Crippen LogP contribution < -0.4 is 15.2 Å². The molecule has 2 rings (SSSR count). The number of methoxy groups -OCH3 is 1. The maximum atomic E-state index is 11.9. The van der Waals surface area contributed by atoms with Gasteiger partial charge in [0.2, 0.25) is 0 Å². The minimum absolute atomic E-state index is 0.0204. The Balaban J connectivity index is 2.10. The highest BCUT2D eigenvalue weighted by atomic mass is 16.5. The topological polar surface area (TPSA) is 85.3 Å². The predicted molar refractivity (Wildman–Crippen MR) is 91.2 cm³/mol. The Morgan fingerprint density at radius 1 is 1.17 bits per heavy atom. The fraction of sp³-hybridized carbons (Fsp3) is 0.263. The zero-order valence-corrected chi connectivity index (χ0v) is 14.0. The lowest BCUT2D eigenvalue weighted by atomic mass is 9.95. The molecule has 0 bridgehead atoms. The van der Waals surface area contributed by atoms with Crippen LogP contribution in [0.4, 0.5) is 0 Å². The second kappa shape index (κ2) is 7.16. The third-order valence-corrected chi connectivity index (χ3v) is 3.54. The van der Waals surface area contributed by atoms with Crippen LogP contribution >= 0.6 is 0 Å². The Labute approximate surface area is 141 Å². The summed E-state index contributed by atoms with van der Waals surface area (Å²) in [6.45, 7) is 3.40. The average molecular weight is 324 g/mol. The van der Waals surface area contributed by atoms with Gasteiger partial charge in [-0.2, -0.15) is 5.26 Å². The van der Waals surface area contributed by atoms with E-state index >= 15 is 0 Å². The van der Waals surface area contributed by atoms with Crippen molar-refractivity contribution < 1.29 is 14.3 Å². The lowest BCUT2D eigenvalue weighted by Crippen LogP contribution is -2.42. The average Bonchev–Trinajstić information content (AvgIpc) is 2.55. The van der Waals surface area contributed by atoms with Crippen molar-refractivity contribution in [2.24, 2.45) is 5.73 Å². The van der Waals surface area contributed by atoms with Crippen molar-refractivity contribution in [1.29, 1.82) is 5.26 Å². The number of Topliss-reactive ketones (excluding diaryl/α,β-unsaturated/α-hetero) is 1. The molecule has 2 aromatic carbocycles. The second-order valence-corrected chi connectivity index (χ2v) is 6.04. The molecule has 2 N–H and O–H groups in total. The summed E-state index contributed by atoms with van der Waals surface area (Å²) in [5.74, 6) is 1.64. The van der Waals surface area contributed by atoms with E-state index in [4.69, 9.17) is 20.5 Å². The van der Waals surface area contributed by atoms with E-state index in [1.54, 1.807) is 44.2 Å². The van der Waals surface area contributed by atoms with Gasteiger partial charge in [0.15, 0.2) is 5.78 Å². The molecule has 0 aliphatic heterocycles. The van der Waals surface area contributed by atoms with Gasteiger partial charge in [-0.3, -0.25) is 4.79 Å². The van der Waals surface area contributed by atoms with E-state index in [0.29, 0.717) is 22.8 Å². The smallest absolute Gasteiger partial charge is 0.156 e. The largest absolute Gasteiger partial charge is 0.495 e. The van der Waals surface area contributed by atoms with Gasteiger partial charge in [-0.05, 0) is 43.7 Å². The van der Waals surface area contributed by atoms with E-state index in [-0.39, 0.29) is 12.2 Å². The van der Waals surface area contributed by atoms with E-state index < -0.39 is 5.54 Å². The molecule has 0 radical (unpaired) electrons. The maximum absolute atomic E-state index is 11.9. The van der Waals surface area contributed by atoms with Crippen LogP contribution in [-0.2, 0) is 11.2 Å². The first-order valence-corrected chi connectivity index (χ1v) is 7.50. The number of ether oxygens (including phenoxy) is 2. The van der Waals surface area contributed by atoms with E-state index in [1.165, 1.54) is 7.11 Å². The van der Waals surface area contributed by atoms with Crippen molar-refractivity contribution in [2.45, 2.75) is 25.8 Å². The molecule has 124 valence electrons. The van der Waals surface area contributed by atoms with Crippen molar-refractivity contribution in [3.8, 4) is 23.3 Å². The Kier molecular flexibility index (Phi) is 5.22. The minimum Gasteiger partial charge on any atom is -0.495 e. The fourth-order valence-electron chi connectivity index (χ4n) is 2.05. The molecular weight excluding hydrogens is 304 g/mol. The van der Waals surface area contributed by atoms with Crippen molar-refractivity contribution in [2.75, 3.05) is 7.11 Å². The van der Waals surface area contributed by atoms with Gasteiger partial charge in [0.1, 0.15) is 23.3 Å². The highest BCUT2D eigenvalue weighted by Gasteiger charge is 2.21.